The number of aryl methyl sites for hydroxylation is 1. The van der Waals surface area contributed by atoms with E-state index in [0.717, 1.165) is 21.7 Å². The van der Waals surface area contributed by atoms with Crippen molar-refractivity contribution in [3.05, 3.63) is 58.6 Å². The smallest absolute Gasteiger partial charge is 0.244 e. The molecule has 0 saturated heterocycles. The van der Waals surface area contributed by atoms with Gasteiger partial charge in [0, 0.05) is 13.6 Å². The molecule has 0 spiro atoms. The number of halogens is 1. The average Bonchev–Trinajstić information content (AvgIpc) is 2.74. The molecule has 0 bridgehead atoms. The molecule has 2 aromatic rings. The fourth-order valence-electron chi connectivity index (χ4n) is 3.19. The lowest BCUT2D eigenvalue weighted by molar-refractivity contribution is -0.139. The summed E-state index contributed by atoms with van der Waals surface area (Å²) in [4.78, 5) is 27.0. The Morgan fingerprint density at radius 3 is 2.38 bits per heavy atom. The number of hydrogen-bond donors (Lipinski definition) is 1. The van der Waals surface area contributed by atoms with Crippen molar-refractivity contribution in [2.24, 2.45) is 0 Å². The highest BCUT2D eigenvalue weighted by Crippen LogP contribution is 2.30. The first-order valence-corrected chi connectivity index (χ1v) is 12.1. The summed E-state index contributed by atoms with van der Waals surface area (Å²) in [7, 11) is -0.899. The van der Waals surface area contributed by atoms with Crippen LogP contribution in [0.2, 0.25) is 5.02 Å². The summed E-state index contributed by atoms with van der Waals surface area (Å²) in [6.07, 6.45) is 1.01. The third-order valence-electron chi connectivity index (χ3n) is 5.12. The number of nitrogens with one attached hydrogen (secondary N) is 1. The number of sulfonamides is 1. The van der Waals surface area contributed by atoms with E-state index in [1.807, 2.05) is 31.2 Å². The zero-order valence-corrected chi connectivity index (χ0v) is 20.3. The predicted molar refractivity (Wildman–Crippen MR) is 125 cm³/mol. The van der Waals surface area contributed by atoms with E-state index in [0.29, 0.717) is 5.75 Å². The fraction of sp³-hybridized carbons (Fsp3) is 0.364. The molecule has 0 aliphatic heterocycles. The second-order valence-electron chi connectivity index (χ2n) is 7.33. The summed E-state index contributed by atoms with van der Waals surface area (Å²) >= 11 is 6.16. The van der Waals surface area contributed by atoms with E-state index < -0.39 is 28.5 Å². The van der Waals surface area contributed by atoms with Gasteiger partial charge < -0.3 is 15.0 Å². The van der Waals surface area contributed by atoms with Gasteiger partial charge in [0.2, 0.25) is 21.8 Å². The number of carbonyl (C=O) groups is 2. The summed E-state index contributed by atoms with van der Waals surface area (Å²) in [6, 6.07) is 11.1. The summed E-state index contributed by atoms with van der Waals surface area (Å²) in [5.74, 6) is -0.503. The number of methoxy groups -OCH3 is 1. The van der Waals surface area contributed by atoms with E-state index in [9.17, 15) is 18.0 Å². The summed E-state index contributed by atoms with van der Waals surface area (Å²) < 4.78 is 31.1. The maximum absolute atomic E-state index is 13.3. The number of hydrogen-bond acceptors (Lipinski definition) is 5. The molecule has 0 aromatic heterocycles. The Balaban J connectivity index is 2.42. The summed E-state index contributed by atoms with van der Waals surface area (Å²) in [5.41, 5.74) is 2.03. The van der Waals surface area contributed by atoms with Gasteiger partial charge in [-0.1, -0.05) is 35.9 Å². The molecular weight excluding hydrogens is 454 g/mol. The number of likely N-dealkylation sites (N-methyl/N-ethyl adjacent to an activating group) is 1. The Kier molecular flexibility index (Phi) is 8.51. The minimum Gasteiger partial charge on any atom is -0.495 e. The number of ether oxygens (including phenoxy) is 1. The number of rotatable bonds is 9. The van der Waals surface area contributed by atoms with Crippen molar-refractivity contribution in [1.82, 2.24) is 10.2 Å². The van der Waals surface area contributed by atoms with Crippen LogP contribution in [0.15, 0.2) is 42.5 Å². The van der Waals surface area contributed by atoms with Crippen LogP contribution in [-0.4, -0.2) is 58.1 Å². The van der Waals surface area contributed by atoms with Gasteiger partial charge in [0.05, 0.1) is 24.1 Å². The van der Waals surface area contributed by atoms with Crippen molar-refractivity contribution in [1.29, 1.82) is 0 Å². The van der Waals surface area contributed by atoms with Gasteiger partial charge in [0.15, 0.2) is 0 Å². The molecular formula is C22H28ClN3O5S. The first kappa shape index (κ1) is 25.5. The molecule has 1 atom stereocenters. The average molecular weight is 482 g/mol. The zero-order valence-electron chi connectivity index (χ0n) is 18.8. The first-order valence-electron chi connectivity index (χ1n) is 9.86. The van der Waals surface area contributed by atoms with Crippen LogP contribution in [0.5, 0.6) is 5.75 Å². The van der Waals surface area contributed by atoms with Crippen LogP contribution >= 0.6 is 11.6 Å². The molecule has 2 aromatic carbocycles. The van der Waals surface area contributed by atoms with E-state index in [-0.39, 0.29) is 23.2 Å². The van der Waals surface area contributed by atoms with Gasteiger partial charge in [0.25, 0.3) is 0 Å². The maximum atomic E-state index is 13.3. The molecule has 2 rings (SSSR count). The third-order valence-corrected chi connectivity index (χ3v) is 6.55. The van der Waals surface area contributed by atoms with Gasteiger partial charge in [-0.3, -0.25) is 13.9 Å². The molecule has 10 heteroatoms. The molecule has 1 N–H and O–H groups in total. The largest absolute Gasteiger partial charge is 0.495 e. The Morgan fingerprint density at radius 2 is 1.84 bits per heavy atom. The highest BCUT2D eigenvalue weighted by Gasteiger charge is 2.30. The minimum atomic E-state index is -3.83. The van der Waals surface area contributed by atoms with Crippen molar-refractivity contribution >= 4 is 39.1 Å². The summed E-state index contributed by atoms with van der Waals surface area (Å²) in [6.45, 7) is 3.17. The van der Waals surface area contributed by atoms with Crippen LogP contribution in [-0.2, 0) is 26.2 Å². The number of carbonyl (C=O) groups excluding carboxylic acids is 2. The van der Waals surface area contributed by atoms with Gasteiger partial charge >= 0.3 is 0 Å². The van der Waals surface area contributed by atoms with Gasteiger partial charge in [-0.2, -0.15) is 0 Å². The van der Waals surface area contributed by atoms with Crippen LogP contribution in [0.25, 0.3) is 0 Å². The molecule has 8 nitrogen and oxygen atoms in total. The summed E-state index contributed by atoms with van der Waals surface area (Å²) in [5, 5.41) is 2.75. The molecule has 0 aliphatic carbocycles. The second kappa shape index (κ2) is 10.7. The molecule has 0 aliphatic rings. The van der Waals surface area contributed by atoms with E-state index >= 15 is 0 Å². The Bertz CT molecular complexity index is 1090. The molecule has 0 unspecified atom stereocenters. The molecule has 0 fully saturated rings. The Morgan fingerprint density at radius 1 is 1.19 bits per heavy atom. The molecule has 0 saturated carbocycles. The molecule has 0 radical (unpaired) electrons. The topological polar surface area (TPSA) is 96.0 Å². The Hall–Kier alpha value is -2.78. The fourth-order valence-corrected chi connectivity index (χ4v) is 4.28. The first-order chi connectivity index (χ1) is 15.0. The molecule has 32 heavy (non-hydrogen) atoms. The zero-order chi connectivity index (χ0) is 24.1. The number of nitrogens with zero attached hydrogens (tertiary/aromatic N) is 2. The lowest BCUT2D eigenvalue weighted by Crippen LogP contribution is -2.50. The quantitative estimate of drug-likeness (QED) is 0.594. The van der Waals surface area contributed by atoms with Crippen molar-refractivity contribution in [2.45, 2.75) is 26.4 Å². The molecule has 0 heterocycles. The number of amides is 2. The molecule has 2 amide bonds. The monoisotopic (exact) mass is 481 g/mol. The number of anilines is 1. The van der Waals surface area contributed by atoms with E-state index in [4.69, 9.17) is 16.3 Å². The standard InChI is InChI=1S/C22H28ClN3O5S/c1-15-8-6-7-9-17(15)13-25(16(2)22(28)24-3)21(27)14-26(32(5,29)30)18-10-11-20(31-4)19(23)12-18/h6-12,16H,13-14H2,1-5H3,(H,24,28)/t16-/m0/s1. The normalized spacial score (nSPS) is 12.1. The second-order valence-corrected chi connectivity index (χ2v) is 9.64. The lowest BCUT2D eigenvalue weighted by Gasteiger charge is -2.31. The van der Waals surface area contributed by atoms with Gasteiger partial charge in [-0.05, 0) is 43.2 Å². The highest BCUT2D eigenvalue weighted by molar-refractivity contribution is 7.92. The van der Waals surface area contributed by atoms with Crippen molar-refractivity contribution in [2.75, 3.05) is 31.3 Å². The van der Waals surface area contributed by atoms with E-state index in [1.165, 1.54) is 37.3 Å². The van der Waals surface area contributed by atoms with Crippen molar-refractivity contribution in [3.63, 3.8) is 0 Å². The van der Waals surface area contributed by atoms with Crippen LogP contribution in [0.4, 0.5) is 5.69 Å². The van der Waals surface area contributed by atoms with Gasteiger partial charge in [0.1, 0.15) is 18.3 Å². The van der Waals surface area contributed by atoms with E-state index in [2.05, 4.69) is 5.32 Å². The number of benzene rings is 2. The third kappa shape index (κ3) is 6.14. The maximum Gasteiger partial charge on any atom is 0.244 e. The van der Waals surface area contributed by atoms with Crippen molar-refractivity contribution in [3.8, 4) is 5.75 Å². The lowest BCUT2D eigenvalue weighted by atomic mass is 10.1. The Labute approximate surface area is 194 Å². The van der Waals surface area contributed by atoms with Crippen LogP contribution < -0.4 is 14.4 Å². The van der Waals surface area contributed by atoms with Crippen LogP contribution in [0, 0.1) is 6.92 Å². The highest BCUT2D eigenvalue weighted by atomic mass is 35.5. The predicted octanol–water partition coefficient (Wildman–Crippen LogP) is 2.59. The minimum absolute atomic E-state index is 0.154. The van der Waals surface area contributed by atoms with E-state index in [1.54, 1.807) is 6.92 Å². The molecule has 174 valence electrons. The van der Waals surface area contributed by atoms with Crippen molar-refractivity contribution < 1.29 is 22.7 Å². The van der Waals surface area contributed by atoms with Crippen LogP contribution in [0.3, 0.4) is 0 Å². The van der Waals surface area contributed by atoms with Gasteiger partial charge in [-0.15, -0.1) is 0 Å². The SMILES string of the molecule is CNC(=O)[C@H](C)N(Cc1ccccc1C)C(=O)CN(c1ccc(OC)c(Cl)c1)S(C)(=O)=O. The van der Waals surface area contributed by atoms with Crippen LogP contribution in [0.1, 0.15) is 18.1 Å². The van der Waals surface area contributed by atoms with Gasteiger partial charge in [-0.25, -0.2) is 8.42 Å².